The van der Waals surface area contributed by atoms with E-state index < -0.39 is 0 Å². The highest BCUT2D eigenvalue weighted by Crippen LogP contribution is 2.34. The van der Waals surface area contributed by atoms with Gasteiger partial charge in [0.15, 0.2) is 10.9 Å². The number of ether oxygens (including phenoxy) is 1. The maximum atomic E-state index is 6.73. The van der Waals surface area contributed by atoms with Gasteiger partial charge in [0.25, 0.3) is 0 Å². The number of nitrogens with two attached hydrogens (primary N) is 1. The molecule has 7 nitrogen and oxygen atoms in total. The molecule has 4 aromatic rings. The topological polar surface area (TPSA) is 90.0 Å². The van der Waals surface area contributed by atoms with Gasteiger partial charge in [0, 0.05) is 30.3 Å². The fourth-order valence-corrected chi connectivity index (χ4v) is 5.42. The average Bonchev–Trinajstić information content (AvgIpc) is 3.07. The molecule has 0 saturated carbocycles. The van der Waals surface area contributed by atoms with Crippen LogP contribution in [0.5, 0.6) is 5.75 Å². The zero-order chi connectivity index (χ0) is 24.5. The number of anilines is 2. The molecular formula is C26H29ClN6OS. The van der Waals surface area contributed by atoms with Crippen molar-refractivity contribution in [1.82, 2.24) is 19.9 Å². The lowest BCUT2D eigenvalue weighted by molar-refractivity contribution is 0.331. The Morgan fingerprint density at radius 1 is 1.20 bits per heavy atom. The van der Waals surface area contributed by atoms with Crippen LogP contribution in [0.4, 0.5) is 10.9 Å². The maximum absolute atomic E-state index is 6.73. The lowest BCUT2D eigenvalue weighted by Crippen LogP contribution is -2.27. The van der Waals surface area contributed by atoms with Gasteiger partial charge in [-0.2, -0.15) is 0 Å². The van der Waals surface area contributed by atoms with E-state index in [0.717, 1.165) is 69.4 Å². The van der Waals surface area contributed by atoms with Crippen molar-refractivity contribution in [1.29, 1.82) is 0 Å². The summed E-state index contributed by atoms with van der Waals surface area (Å²) in [5.41, 5.74) is 10.6. The normalized spacial score (nSPS) is 14.5. The molecule has 1 aliphatic heterocycles. The Labute approximate surface area is 214 Å². The predicted molar refractivity (Wildman–Crippen MR) is 143 cm³/mol. The van der Waals surface area contributed by atoms with Gasteiger partial charge in [-0.3, -0.25) is 0 Å². The van der Waals surface area contributed by atoms with E-state index in [1.807, 2.05) is 25.3 Å². The van der Waals surface area contributed by atoms with Crippen molar-refractivity contribution in [3.8, 4) is 16.9 Å². The molecular weight excluding hydrogens is 480 g/mol. The summed E-state index contributed by atoms with van der Waals surface area (Å²) in [5, 5.41) is 1.13. The minimum absolute atomic E-state index is 0.524. The number of aryl methyl sites for hydroxylation is 1. The van der Waals surface area contributed by atoms with E-state index >= 15 is 0 Å². The van der Waals surface area contributed by atoms with E-state index in [0.29, 0.717) is 35.8 Å². The molecule has 0 aliphatic carbocycles. The van der Waals surface area contributed by atoms with Gasteiger partial charge >= 0.3 is 0 Å². The van der Waals surface area contributed by atoms with Crippen LogP contribution in [-0.2, 0) is 13.0 Å². The molecule has 2 N–H and O–H groups in total. The highest BCUT2D eigenvalue weighted by molar-refractivity contribution is 7.21. The zero-order valence-electron chi connectivity index (χ0n) is 20.2. The van der Waals surface area contributed by atoms with Crippen molar-refractivity contribution >= 4 is 44.2 Å². The zero-order valence-corrected chi connectivity index (χ0v) is 21.8. The first kappa shape index (κ1) is 23.8. The van der Waals surface area contributed by atoms with Crippen molar-refractivity contribution < 1.29 is 4.74 Å². The van der Waals surface area contributed by atoms with Crippen LogP contribution in [0.1, 0.15) is 43.8 Å². The first-order valence-corrected chi connectivity index (χ1v) is 13.2. The Kier molecular flexibility index (Phi) is 6.75. The number of nitrogens with zero attached hydrogens (tertiary/aromatic N) is 5. The number of benzene rings is 1. The van der Waals surface area contributed by atoms with Gasteiger partial charge in [-0.15, -0.1) is 0 Å². The quantitative estimate of drug-likeness (QED) is 0.338. The number of fused-ring (bicyclic) bond motifs is 2. The summed E-state index contributed by atoms with van der Waals surface area (Å²) in [7, 11) is 0. The lowest BCUT2D eigenvalue weighted by atomic mass is 10.0. The van der Waals surface area contributed by atoms with Crippen LogP contribution in [0.3, 0.4) is 0 Å². The molecule has 0 saturated heterocycles. The summed E-state index contributed by atoms with van der Waals surface area (Å²) in [5.74, 6) is 3.04. The van der Waals surface area contributed by atoms with Crippen molar-refractivity contribution in [2.24, 2.45) is 5.92 Å². The van der Waals surface area contributed by atoms with Crippen molar-refractivity contribution in [3.05, 3.63) is 52.6 Å². The number of pyridine rings is 1. The molecule has 1 unspecified atom stereocenters. The molecule has 1 aliphatic rings. The van der Waals surface area contributed by atoms with Gasteiger partial charge in [-0.05, 0) is 36.6 Å². The molecule has 182 valence electrons. The molecule has 0 fully saturated rings. The minimum Gasteiger partial charge on any atom is -0.491 e. The Hall–Kier alpha value is -2.97. The first-order chi connectivity index (χ1) is 16.9. The van der Waals surface area contributed by atoms with Crippen LogP contribution in [0.15, 0.2) is 30.5 Å². The van der Waals surface area contributed by atoms with Crippen molar-refractivity contribution in [3.63, 3.8) is 0 Å². The van der Waals surface area contributed by atoms with E-state index in [9.17, 15) is 0 Å². The van der Waals surface area contributed by atoms with Gasteiger partial charge in [-0.1, -0.05) is 55.7 Å². The van der Waals surface area contributed by atoms with E-state index in [2.05, 4.69) is 45.8 Å². The van der Waals surface area contributed by atoms with E-state index in [4.69, 9.17) is 27.1 Å². The number of rotatable bonds is 6. The molecule has 9 heteroatoms. The Morgan fingerprint density at radius 2 is 2.06 bits per heavy atom. The van der Waals surface area contributed by atoms with Gasteiger partial charge < -0.3 is 15.4 Å². The van der Waals surface area contributed by atoms with Crippen LogP contribution in [0.2, 0.25) is 5.02 Å². The van der Waals surface area contributed by atoms with Crippen LogP contribution in [0.25, 0.3) is 21.5 Å². The molecule has 5 rings (SSSR count). The van der Waals surface area contributed by atoms with Gasteiger partial charge in [-0.25, -0.2) is 19.9 Å². The largest absolute Gasteiger partial charge is 0.491 e. The highest BCUT2D eigenvalue weighted by Gasteiger charge is 2.22. The monoisotopic (exact) mass is 508 g/mol. The fourth-order valence-electron chi connectivity index (χ4n) is 4.56. The summed E-state index contributed by atoms with van der Waals surface area (Å²) in [4.78, 5) is 21.5. The second-order valence-electron chi connectivity index (χ2n) is 9.15. The molecule has 1 aromatic carbocycles. The fraction of sp³-hybridized carbons (Fsp3) is 0.385. The van der Waals surface area contributed by atoms with Crippen LogP contribution >= 0.6 is 22.9 Å². The van der Waals surface area contributed by atoms with Crippen LogP contribution in [0, 0.1) is 12.8 Å². The number of aromatic nitrogens is 4. The molecule has 0 bridgehead atoms. The Morgan fingerprint density at radius 3 is 2.89 bits per heavy atom. The van der Waals surface area contributed by atoms with Crippen molar-refractivity contribution in [2.75, 3.05) is 23.8 Å². The first-order valence-electron chi connectivity index (χ1n) is 12.0. The molecule has 4 heterocycles. The number of hydrogen-bond donors (Lipinski definition) is 1. The number of thiazole rings is 1. The SMILES string of the molecule is CCCC(C)Cc1nc(C)c(Cl)c(N2CCOc3ccc(-c4cnc5sc(N)nc5c4)cc3C2)n1. The summed E-state index contributed by atoms with van der Waals surface area (Å²) < 4.78 is 6.09. The molecule has 0 radical (unpaired) electrons. The number of halogens is 1. The maximum Gasteiger partial charge on any atom is 0.182 e. The second kappa shape index (κ2) is 9.95. The van der Waals surface area contributed by atoms with Crippen LogP contribution in [-0.4, -0.2) is 33.1 Å². The number of nitrogen functional groups attached to an aromatic ring is 1. The smallest absolute Gasteiger partial charge is 0.182 e. The number of hydrogen-bond acceptors (Lipinski definition) is 8. The van der Waals surface area contributed by atoms with Crippen LogP contribution < -0.4 is 15.4 Å². The van der Waals surface area contributed by atoms with Gasteiger partial charge in [0.2, 0.25) is 0 Å². The average molecular weight is 509 g/mol. The summed E-state index contributed by atoms with van der Waals surface area (Å²) in [6.07, 6.45) is 5.02. The molecule has 0 spiro atoms. The van der Waals surface area contributed by atoms with Crippen molar-refractivity contribution in [2.45, 2.75) is 46.6 Å². The molecule has 1 atom stereocenters. The summed E-state index contributed by atoms with van der Waals surface area (Å²) in [6, 6.07) is 8.26. The predicted octanol–water partition coefficient (Wildman–Crippen LogP) is 6.07. The lowest BCUT2D eigenvalue weighted by Gasteiger charge is -2.24. The summed E-state index contributed by atoms with van der Waals surface area (Å²) in [6.45, 7) is 8.30. The minimum atomic E-state index is 0.524. The Balaban J connectivity index is 1.46. The van der Waals surface area contributed by atoms with Gasteiger partial charge in [0.05, 0.1) is 12.2 Å². The standard InChI is InChI=1S/C26H29ClN6OS/c1-4-5-15(2)10-22-30-16(3)23(27)24(32-22)33-8-9-34-21-7-6-17(11-19(21)14-33)18-12-20-25(29-13-18)35-26(28)31-20/h6-7,11-13,15H,4-5,8-10,14H2,1-3H3,(H2,28,31). The summed E-state index contributed by atoms with van der Waals surface area (Å²) >= 11 is 8.12. The third kappa shape index (κ3) is 5.04. The molecule has 35 heavy (non-hydrogen) atoms. The molecule has 0 amide bonds. The van der Waals surface area contributed by atoms with E-state index in [1.165, 1.54) is 11.3 Å². The Bertz CT molecular complexity index is 1370. The van der Waals surface area contributed by atoms with E-state index in [-0.39, 0.29) is 0 Å². The highest BCUT2D eigenvalue weighted by atomic mass is 35.5. The van der Waals surface area contributed by atoms with E-state index in [1.54, 1.807) is 0 Å². The van der Waals surface area contributed by atoms with Gasteiger partial charge in [0.1, 0.15) is 33.6 Å². The molecule has 3 aromatic heterocycles. The second-order valence-corrected chi connectivity index (χ2v) is 10.5. The third-order valence-corrected chi connectivity index (χ3v) is 7.55. The third-order valence-electron chi connectivity index (χ3n) is 6.30.